The van der Waals surface area contributed by atoms with Crippen molar-refractivity contribution < 1.29 is 4.74 Å². The average Bonchev–Trinajstić information content (AvgIpc) is 2.31. The lowest BCUT2D eigenvalue weighted by atomic mass is 10.2. The molecular formula is C11H15ClN2OS. The number of aromatic nitrogens is 2. The van der Waals surface area contributed by atoms with E-state index in [-0.39, 0.29) is 0 Å². The molecule has 0 spiro atoms. The van der Waals surface area contributed by atoms with Crippen molar-refractivity contribution in [2.24, 2.45) is 0 Å². The zero-order chi connectivity index (χ0) is 11.4. The number of hydrogen-bond acceptors (Lipinski definition) is 4. The van der Waals surface area contributed by atoms with Crippen LogP contribution in [0.25, 0.3) is 0 Å². The Morgan fingerprint density at radius 3 is 2.88 bits per heavy atom. The fourth-order valence-corrected chi connectivity index (χ4v) is 3.28. The summed E-state index contributed by atoms with van der Waals surface area (Å²) in [5.74, 6) is 0. The standard InChI is InChI=1S/C11H15ClN2OS/c1-2-9-10(12)13-7-14-11(9)16-8-3-5-15-6-4-8/h7-8H,2-6H2,1H3. The molecule has 0 amide bonds. The Kier molecular flexibility index (Phi) is 4.44. The van der Waals surface area contributed by atoms with E-state index in [4.69, 9.17) is 16.3 Å². The average molecular weight is 259 g/mol. The maximum atomic E-state index is 6.06. The highest BCUT2D eigenvalue weighted by molar-refractivity contribution is 7.99. The third kappa shape index (κ3) is 2.87. The molecule has 2 heterocycles. The molecule has 88 valence electrons. The molecule has 1 aromatic rings. The highest BCUT2D eigenvalue weighted by Crippen LogP contribution is 2.32. The first-order valence-electron chi connectivity index (χ1n) is 5.55. The Labute approximate surface area is 105 Å². The summed E-state index contributed by atoms with van der Waals surface area (Å²) in [5.41, 5.74) is 1.07. The lowest BCUT2D eigenvalue weighted by Crippen LogP contribution is -2.17. The van der Waals surface area contributed by atoms with E-state index in [1.807, 2.05) is 11.8 Å². The Morgan fingerprint density at radius 1 is 1.44 bits per heavy atom. The fraction of sp³-hybridized carbons (Fsp3) is 0.636. The van der Waals surface area contributed by atoms with Gasteiger partial charge in [0.2, 0.25) is 0 Å². The van der Waals surface area contributed by atoms with Gasteiger partial charge in [-0.15, -0.1) is 11.8 Å². The van der Waals surface area contributed by atoms with Crippen molar-refractivity contribution in [3.05, 3.63) is 17.0 Å². The topological polar surface area (TPSA) is 35.0 Å². The molecule has 1 saturated heterocycles. The monoisotopic (exact) mass is 258 g/mol. The van der Waals surface area contributed by atoms with Crippen LogP contribution in [0.15, 0.2) is 11.4 Å². The van der Waals surface area contributed by atoms with Crippen molar-refractivity contribution >= 4 is 23.4 Å². The van der Waals surface area contributed by atoms with Crippen LogP contribution in [0.5, 0.6) is 0 Å². The van der Waals surface area contributed by atoms with Crippen LogP contribution in [0, 0.1) is 0 Å². The molecule has 2 rings (SSSR count). The molecule has 3 nitrogen and oxygen atoms in total. The van der Waals surface area contributed by atoms with Crippen molar-refractivity contribution in [3.8, 4) is 0 Å². The molecule has 0 aliphatic carbocycles. The molecule has 0 N–H and O–H groups in total. The van der Waals surface area contributed by atoms with Crippen molar-refractivity contribution in [2.45, 2.75) is 36.5 Å². The first-order chi connectivity index (χ1) is 7.81. The molecule has 1 aliphatic rings. The highest BCUT2D eigenvalue weighted by Gasteiger charge is 2.18. The molecule has 0 aromatic carbocycles. The second kappa shape index (κ2) is 5.84. The molecular weight excluding hydrogens is 244 g/mol. The van der Waals surface area contributed by atoms with E-state index < -0.39 is 0 Å². The van der Waals surface area contributed by atoms with Gasteiger partial charge in [0.25, 0.3) is 0 Å². The third-order valence-corrected chi connectivity index (χ3v) is 4.36. The maximum Gasteiger partial charge on any atom is 0.136 e. The van der Waals surface area contributed by atoms with E-state index in [1.54, 1.807) is 6.33 Å². The van der Waals surface area contributed by atoms with E-state index in [0.717, 1.165) is 43.1 Å². The van der Waals surface area contributed by atoms with Gasteiger partial charge in [0.15, 0.2) is 0 Å². The minimum Gasteiger partial charge on any atom is -0.381 e. The van der Waals surface area contributed by atoms with Gasteiger partial charge in [-0.1, -0.05) is 18.5 Å². The van der Waals surface area contributed by atoms with E-state index >= 15 is 0 Å². The van der Waals surface area contributed by atoms with Crippen molar-refractivity contribution in [3.63, 3.8) is 0 Å². The number of thioether (sulfide) groups is 1. The van der Waals surface area contributed by atoms with Gasteiger partial charge in [0.1, 0.15) is 16.5 Å². The summed E-state index contributed by atoms with van der Waals surface area (Å²) in [6.07, 6.45) is 4.61. The van der Waals surface area contributed by atoms with Crippen LogP contribution in [0.2, 0.25) is 5.15 Å². The van der Waals surface area contributed by atoms with Crippen molar-refractivity contribution in [1.82, 2.24) is 9.97 Å². The second-order valence-corrected chi connectivity index (χ2v) is 5.38. The molecule has 1 fully saturated rings. The zero-order valence-electron chi connectivity index (χ0n) is 9.28. The Hall–Kier alpha value is -0.320. The molecule has 1 aliphatic heterocycles. The quantitative estimate of drug-likeness (QED) is 0.781. The summed E-state index contributed by atoms with van der Waals surface area (Å²) in [4.78, 5) is 8.35. The molecule has 0 unspecified atom stereocenters. The number of nitrogens with zero attached hydrogens (tertiary/aromatic N) is 2. The number of halogens is 1. The Bertz CT molecular complexity index is 356. The summed E-state index contributed by atoms with van der Waals surface area (Å²) in [6, 6.07) is 0. The Morgan fingerprint density at radius 2 is 2.19 bits per heavy atom. The normalized spacial score (nSPS) is 17.6. The molecule has 0 bridgehead atoms. The third-order valence-electron chi connectivity index (χ3n) is 2.65. The smallest absolute Gasteiger partial charge is 0.136 e. The fourth-order valence-electron chi connectivity index (χ4n) is 1.73. The van der Waals surface area contributed by atoms with Gasteiger partial charge in [-0.25, -0.2) is 9.97 Å². The lowest BCUT2D eigenvalue weighted by Gasteiger charge is -2.21. The Balaban J connectivity index is 2.10. The predicted octanol–water partition coefficient (Wildman–Crippen LogP) is 2.96. The van der Waals surface area contributed by atoms with Crippen molar-refractivity contribution in [2.75, 3.05) is 13.2 Å². The van der Waals surface area contributed by atoms with Gasteiger partial charge in [-0.2, -0.15) is 0 Å². The summed E-state index contributed by atoms with van der Waals surface area (Å²) < 4.78 is 5.35. The summed E-state index contributed by atoms with van der Waals surface area (Å²) in [5, 5.41) is 2.23. The zero-order valence-corrected chi connectivity index (χ0v) is 10.9. The van der Waals surface area contributed by atoms with Crippen LogP contribution in [0.1, 0.15) is 25.3 Å². The largest absolute Gasteiger partial charge is 0.381 e. The van der Waals surface area contributed by atoms with Crippen LogP contribution in [-0.4, -0.2) is 28.4 Å². The first-order valence-corrected chi connectivity index (χ1v) is 6.80. The van der Waals surface area contributed by atoms with E-state index in [1.165, 1.54) is 0 Å². The molecule has 0 saturated carbocycles. The molecule has 1 aromatic heterocycles. The first kappa shape index (κ1) is 12.1. The summed E-state index contributed by atoms with van der Waals surface area (Å²) in [6.45, 7) is 3.80. The summed E-state index contributed by atoms with van der Waals surface area (Å²) in [7, 11) is 0. The predicted molar refractivity (Wildman–Crippen MR) is 66.1 cm³/mol. The van der Waals surface area contributed by atoms with Crippen LogP contribution >= 0.6 is 23.4 Å². The second-order valence-electron chi connectivity index (χ2n) is 3.73. The van der Waals surface area contributed by atoms with Gasteiger partial charge < -0.3 is 4.74 Å². The van der Waals surface area contributed by atoms with E-state index in [2.05, 4.69) is 16.9 Å². The van der Waals surface area contributed by atoms with Gasteiger partial charge in [-0.3, -0.25) is 0 Å². The molecule has 0 radical (unpaired) electrons. The molecule has 16 heavy (non-hydrogen) atoms. The van der Waals surface area contributed by atoms with Crippen LogP contribution in [0.4, 0.5) is 0 Å². The minimum absolute atomic E-state index is 0.590. The van der Waals surface area contributed by atoms with Gasteiger partial charge in [0, 0.05) is 24.0 Å². The minimum atomic E-state index is 0.590. The van der Waals surface area contributed by atoms with Crippen LogP contribution < -0.4 is 0 Å². The van der Waals surface area contributed by atoms with Crippen molar-refractivity contribution in [1.29, 1.82) is 0 Å². The van der Waals surface area contributed by atoms with E-state index in [9.17, 15) is 0 Å². The number of ether oxygens (including phenoxy) is 1. The van der Waals surface area contributed by atoms with Gasteiger partial charge in [-0.05, 0) is 19.3 Å². The van der Waals surface area contributed by atoms with Crippen LogP contribution in [0.3, 0.4) is 0 Å². The van der Waals surface area contributed by atoms with Gasteiger partial charge >= 0.3 is 0 Å². The molecule has 5 heteroatoms. The number of hydrogen-bond donors (Lipinski definition) is 0. The number of rotatable bonds is 3. The maximum absolute atomic E-state index is 6.06. The van der Waals surface area contributed by atoms with E-state index in [0.29, 0.717) is 10.4 Å². The highest BCUT2D eigenvalue weighted by atomic mass is 35.5. The SMILES string of the molecule is CCc1c(Cl)ncnc1SC1CCOCC1. The van der Waals surface area contributed by atoms with Gasteiger partial charge in [0.05, 0.1) is 0 Å². The summed E-state index contributed by atoms with van der Waals surface area (Å²) >= 11 is 7.87. The molecule has 0 atom stereocenters. The van der Waals surface area contributed by atoms with Crippen LogP contribution in [-0.2, 0) is 11.2 Å². The lowest BCUT2D eigenvalue weighted by molar-refractivity contribution is 0.1000.